The number of nitrogens with two attached hydrogens (primary N) is 1. The summed E-state index contributed by atoms with van der Waals surface area (Å²) in [6.45, 7) is 5.40. The van der Waals surface area contributed by atoms with E-state index in [1.807, 2.05) is 18.7 Å². The molecule has 0 aliphatic carbocycles. The fraction of sp³-hybridized carbons (Fsp3) is 0.667. The first-order valence-electron chi connectivity index (χ1n) is 7.85. The third-order valence-electron chi connectivity index (χ3n) is 3.99. The lowest BCUT2D eigenvalue weighted by atomic mass is 10.1. The zero-order valence-corrected chi connectivity index (χ0v) is 13.5. The van der Waals surface area contributed by atoms with E-state index in [2.05, 4.69) is 4.98 Å². The van der Waals surface area contributed by atoms with Crippen LogP contribution in [-0.4, -0.2) is 51.1 Å². The van der Waals surface area contributed by atoms with Gasteiger partial charge in [-0.15, -0.1) is 0 Å². The number of aromatic amines is 1. The second-order valence-corrected chi connectivity index (χ2v) is 6.45. The summed E-state index contributed by atoms with van der Waals surface area (Å²) in [5, 5.41) is 9.49. The third kappa shape index (κ3) is 4.08. The molecule has 8 nitrogen and oxygen atoms in total. The van der Waals surface area contributed by atoms with Crippen LogP contribution in [0.15, 0.2) is 9.59 Å². The van der Waals surface area contributed by atoms with Crippen LogP contribution in [0.1, 0.15) is 37.0 Å². The van der Waals surface area contributed by atoms with Crippen molar-refractivity contribution in [3.05, 3.63) is 26.4 Å². The van der Waals surface area contributed by atoms with E-state index in [0.717, 1.165) is 0 Å². The first kappa shape index (κ1) is 17.4. The van der Waals surface area contributed by atoms with Crippen LogP contribution in [0, 0.1) is 5.92 Å². The van der Waals surface area contributed by atoms with Crippen LogP contribution in [0.25, 0.3) is 0 Å². The number of rotatable bonds is 5. The van der Waals surface area contributed by atoms with Crippen molar-refractivity contribution in [1.82, 2.24) is 14.5 Å². The Hall–Kier alpha value is -1.93. The molecular weight excluding hydrogens is 300 g/mol. The molecule has 2 rings (SSSR count). The van der Waals surface area contributed by atoms with Gasteiger partial charge in [-0.1, -0.05) is 13.8 Å². The van der Waals surface area contributed by atoms with Crippen molar-refractivity contribution in [2.75, 3.05) is 25.4 Å². The summed E-state index contributed by atoms with van der Waals surface area (Å²) in [6, 6.07) is 0. The summed E-state index contributed by atoms with van der Waals surface area (Å²) in [6.07, 6.45) is 0.876. The molecule has 1 fully saturated rings. The van der Waals surface area contributed by atoms with Crippen LogP contribution in [-0.2, 0) is 6.54 Å². The molecule has 128 valence electrons. The van der Waals surface area contributed by atoms with E-state index in [4.69, 9.17) is 5.73 Å². The number of aromatic nitrogens is 2. The molecule has 0 unspecified atom stereocenters. The van der Waals surface area contributed by atoms with E-state index in [1.165, 1.54) is 4.57 Å². The minimum Gasteiger partial charge on any atom is -0.393 e. The number of hydrogen-bond donors (Lipinski definition) is 3. The summed E-state index contributed by atoms with van der Waals surface area (Å²) in [5.74, 6) is -0.334. The summed E-state index contributed by atoms with van der Waals surface area (Å²) in [5.41, 5.74) is 4.43. The monoisotopic (exact) mass is 324 g/mol. The second-order valence-electron chi connectivity index (χ2n) is 6.45. The van der Waals surface area contributed by atoms with Gasteiger partial charge in [0.25, 0.3) is 5.56 Å². The summed E-state index contributed by atoms with van der Waals surface area (Å²) >= 11 is 0. The molecule has 0 spiro atoms. The Kier molecular flexibility index (Phi) is 5.38. The summed E-state index contributed by atoms with van der Waals surface area (Å²) in [7, 11) is 0. The number of carbonyl (C=O) groups is 1. The lowest BCUT2D eigenvalue weighted by Gasteiger charge is -2.28. The van der Waals surface area contributed by atoms with Gasteiger partial charge in [0.2, 0.25) is 0 Å². The maximum atomic E-state index is 12.5. The molecule has 0 amide bonds. The van der Waals surface area contributed by atoms with Gasteiger partial charge >= 0.3 is 5.69 Å². The molecule has 23 heavy (non-hydrogen) atoms. The van der Waals surface area contributed by atoms with Crippen LogP contribution >= 0.6 is 0 Å². The molecule has 4 N–H and O–H groups in total. The standard InChI is InChI=1S/C15H24N4O4/c1-9(2)7-19-13(16)12(14(22)17-15(19)23)11(21)8-18-5-3-10(20)4-6-18/h9-10,20H,3-8,16H2,1-2H3,(H,17,22,23). The van der Waals surface area contributed by atoms with Gasteiger partial charge in [-0.25, -0.2) is 4.79 Å². The Labute approximate surface area is 133 Å². The van der Waals surface area contributed by atoms with Gasteiger partial charge in [0, 0.05) is 19.6 Å². The van der Waals surface area contributed by atoms with Crippen molar-refractivity contribution in [2.45, 2.75) is 39.3 Å². The van der Waals surface area contributed by atoms with Gasteiger partial charge in [0.15, 0.2) is 5.78 Å². The van der Waals surface area contributed by atoms with Crippen molar-refractivity contribution in [3.8, 4) is 0 Å². The number of anilines is 1. The number of nitrogen functional groups attached to an aromatic ring is 1. The Morgan fingerprint density at radius 3 is 2.52 bits per heavy atom. The highest BCUT2D eigenvalue weighted by Gasteiger charge is 2.24. The van der Waals surface area contributed by atoms with E-state index in [1.54, 1.807) is 0 Å². The molecule has 0 saturated carbocycles. The highest BCUT2D eigenvalue weighted by atomic mass is 16.3. The van der Waals surface area contributed by atoms with E-state index >= 15 is 0 Å². The quantitative estimate of drug-likeness (QED) is 0.623. The maximum Gasteiger partial charge on any atom is 0.329 e. The van der Waals surface area contributed by atoms with E-state index < -0.39 is 17.0 Å². The largest absolute Gasteiger partial charge is 0.393 e. The predicted molar refractivity (Wildman–Crippen MR) is 86.6 cm³/mol. The number of H-pyrrole nitrogens is 1. The molecular formula is C15H24N4O4. The average molecular weight is 324 g/mol. The van der Waals surface area contributed by atoms with Crippen LogP contribution in [0.3, 0.4) is 0 Å². The van der Waals surface area contributed by atoms with Crippen LogP contribution < -0.4 is 17.0 Å². The SMILES string of the molecule is CC(C)Cn1c(N)c(C(=O)CN2CCC(O)CC2)c(=O)[nH]c1=O. The smallest absolute Gasteiger partial charge is 0.329 e. The normalized spacial score (nSPS) is 16.9. The molecule has 1 aromatic heterocycles. The van der Waals surface area contributed by atoms with Crippen molar-refractivity contribution >= 4 is 11.6 Å². The minimum atomic E-state index is -0.741. The minimum absolute atomic E-state index is 0.0554. The van der Waals surface area contributed by atoms with Gasteiger partial charge < -0.3 is 10.8 Å². The zero-order chi connectivity index (χ0) is 17.1. The average Bonchev–Trinajstić information content (AvgIpc) is 2.45. The van der Waals surface area contributed by atoms with E-state index in [-0.39, 0.29) is 29.9 Å². The van der Waals surface area contributed by atoms with Crippen molar-refractivity contribution in [1.29, 1.82) is 0 Å². The second kappa shape index (κ2) is 7.10. The number of ketones is 1. The first-order valence-corrected chi connectivity index (χ1v) is 7.85. The Morgan fingerprint density at radius 1 is 1.35 bits per heavy atom. The Balaban J connectivity index is 2.26. The lowest BCUT2D eigenvalue weighted by Crippen LogP contribution is -2.42. The lowest BCUT2D eigenvalue weighted by molar-refractivity contribution is 0.0710. The third-order valence-corrected chi connectivity index (χ3v) is 3.99. The topological polar surface area (TPSA) is 121 Å². The maximum absolute atomic E-state index is 12.5. The fourth-order valence-electron chi connectivity index (χ4n) is 2.76. The molecule has 8 heteroatoms. The van der Waals surface area contributed by atoms with E-state index in [9.17, 15) is 19.5 Å². The predicted octanol–water partition coefficient (Wildman–Crippen LogP) is -0.586. The molecule has 0 aromatic carbocycles. The highest BCUT2D eigenvalue weighted by Crippen LogP contribution is 2.12. The Morgan fingerprint density at radius 2 is 1.96 bits per heavy atom. The van der Waals surface area contributed by atoms with Gasteiger partial charge in [0.05, 0.1) is 12.6 Å². The number of hydrogen-bond acceptors (Lipinski definition) is 6. The number of nitrogens with one attached hydrogen (secondary N) is 1. The zero-order valence-electron chi connectivity index (χ0n) is 13.5. The van der Waals surface area contributed by atoms with Crippen LogP contribution in [0.2, 0.25) is 0 Å². The van der Waals surface area contributed by atoms with Gasteiger partial charge in [-0.05, 0) is 18.8 Å². The van der Waals surface area contributed by atoms with Crippen LogP contribution in [0.5, 0.6) is 0 Å². The number of Topliss-reactive ketones (excluding diaryl/α,β-unsaturated/α-hetero) is 1. The van der Waals surface area contributed by atoms with Crippen molar-refractivity contribution < 1.29 is 9.90 Å². The molecule has 1 aromatic rings. The summed E-state index contributed by atoms with van der Waals surface area (Å²) < 4.78 is 1.24. The fourth-order valence-corrected chi connectivity index (χ4v) is 2.76. The van der Waals surface area contributed by atoms with E-state index in [0.29, 0.717) is 32.5 Å². The van der Waals surface area contributed by atoms with Crippen molar-refractivity contribution in [2.24, 2.45) is 5.92 Å². The molecule has 1 aliphatic rings. The van der Waals surface area contributed by atoms with Gasteiger partial charge in [0.1, 0.15) is 11.4 Å². The molecule has 1 saturated heterocycles. The van der Waals surface area contributed by atoms with Gasteiger partial charge in [-0.2, -0.15) is 0 Å². The number of aliphatic hydroxyl groups is 1. The van der Waals surface area contributed by atoms with Crippen LogP contribution in [0.4, 0.5) is 5.82 Å². The molecule has 0 bridgehead atoms. The molecule has 1 aliphatic heterocycles. The molecule has 2 heterocycles. The number of likely N-dealkylation sites (tertiary alicyclic amines) is 1. The number of aliphatic hydroxyl groups excluding tert-OH is 1. The number of piperidine rings is 1. The number of carbonyl (C=O) groups excluding carboxylic acids is 1. The number of nitrogens with zero attached hydrogens (tertiary/aromatic N) is 2. The Bertz CT molecular complexity index is 684. The first-order chi connectivity index (χ1) is 10.8. The van der Waals surface area contributed by atoms with Gasteiger partial charge in [-0.3, -0.25) is 24.0 Å². The molecule has 0 radical (unpaired) electrons. The summed E-state index contributed by atoms with van der Waals surface area (Å²) in [4.78, 5) is 40.4. The molecule has 0 atom stereocenters. The highest BCUT2D eigenvalue weighted by molar-refractivity contribution is 6.01. The van der Waals surface area contributed by atoms with Crippen molar-refractivity contribution in [3.63, 3.8) is 0 Å².